The topological polar surface area (TPSA) is 51.6 Å². The minimum absolute atomic E-state index is 0.343. The zero-order valence-electron chi connectivity index (χ0n) is 9.19. The summed E-state index contributed by atoms with van der Waals surface area (Å²) in [5.74, 6) is 0.457. The van der Waals surface area contributed by atoms with Crippen LogP contribution in [0.4, 0.5) is 0 Å². The first-order valence-corrected chi connectivity index (χ1v) is 6.62. The highest BCUT2D eigenvalue weighted by Crippen LogP contribution is 2.37. The molecule has 0 saturated carbocycles. The van der Waals surface area contributed by atoms with Crippen LogP contribution in [0.2, 0.25) is 10.2 Å². The third-order valence-corrected chi connectivity index (χ3v) is 4.26. The van der Waals surface area contributed by atoms with Crippen LogP contribution in [0.25, 0.3) is 21.7 Å². The zero-order valence-corrected chi connectivity index (χ0v) is 11.5. The highest BCUT2D eigenvalue weighted by molar-refractivity contribution is 7.19. The molecule has 0 aliphatic heterocycles. The van der Waals surface area contributed by atoms with Crippen LogP contribution in [0.1, 0.15) is 4.88 Å². The van der Waals surface area contributed by atoms with Crippen molar-refractivity contribution in [2.24, 2.45) is 0 Å². The van der Waals surface area contributed by atoms with E-state index < -0.39 is 0 Å². The van der Waals surface area contributed by atoms with Crippen molar-refractivity contribution in [2.75, 3.05) is 0 Å². The monoisotopic (exact) mass is 296 g/mol. The summed E-state index contributed by atoms with van der Waals surface area (Å²) in [7, 11) is 0. The maximum atomic E-state index is 6.16. The Labute approximate surface area is 117 Å². The van der Waals surface area contributed by atoms with Crippen LogP contribution in [-0.4, -0.2) is 19.9 Å². The van der Waals surface area contributed by atoms with Gasteiger partial charge in [0.05, 0.1) is 16.6 Å². The van der Waals surface area contributed by atoms with Crippen molar-refractivity contribution >= 4 is 44.8 Å². The lowest BCUT2D eigenvalue weighted by atomic mass is 10.3. The second-order valence-corrected chi connectivity index (χ2v) is 5.52. The van der Waals surface area contributed by atoms with E-state index in [0.717, 1.165) is 9.71 Å². The van der Waals surface area contributed by atoms with Gasteiger partial charge in [0.15, 0.2) is 5.82 Å². The lowest BCUT2D eigenvalue weighted by Crippen LogP contribution is -1.92. The number of thiophene rings is 1. The van der Waals surface area contributed by atoms with Crippen LogP contribution in [-0.2, 0) is 0 Å². The highest BCUT2D eigenvalue weighted by Gasteiger charge is 2.15. The van der Waals surface area contributed by atoms with Crippen LogP contribution < -0.4 is 0 Å². The van der Waals surface area contributed by atoms with Crippen molar-refractivity contribution in [1.29, 1.82) is 0 Å². The van der Waals surface area contributed by atoms with Crippen LogP contribution >= 0.6 is 34.5 Å². The lowest BCUT2D eigenvalue weighted by Gasteiger charge is -2.00. The van der Waals surface area contributed by atoms with Crippen molar-refractivity contribution < 1.29 is 0 Å². The molecule has 3 aromatic heterocycles. The number of rotatable bonds is 1. The van der Waals surface area contributed by atoms with E-state index in [1.807, 2.05) is 6.92 Å². The van der Waals surface area contributed by atoms with E-state index in [4.69, 9.17) is 23.2 Å². The van der Waals surface area contributed by atoms with Gasteiger partial charge in [0.2, 0.25) is 0 Å². The van der Waals surface area contributed by atoms with Gasteiger partial charge < -0.3 is 0 Å². The SMILES string of the molecule is Cc1sc2nc(-c3cnccn3)nc(Cl)c2c1Cl. The molecule has 7 heteroatoms. The Bertz CT molecular complexity index is 727. The minimum Gasteiger partial charge on any atom is -0.261 e. The van der Waals surface area contributed by atoms with Gasteiger partial charge in [0, 0.05) is 17.3 Å². The van der Waals surface area contributed by atoms with Crippen molar-refractivity contribution in [1.82, 2.24) is 19.9 Å². The zero-order chi connectivity index (χ0) is 12.7. The Morgan fingerprint density at radius 2 is 2.00 bits per heavy atom. The summed E-state index contributed by atoms with van der Waals surface area (Å²) in [6, 6.07) is 0. The van der Waals surface area contributed by atoms with Gasteiger partial charge in [-0.25, -0.2) is 15.0 Å². The molecule has 0 saturated heterocycles. The van der Waals surface area contributed by atoms with E-state index >= 15 is 0 Å². The van der Waals surface area contributed by atoms with Gasteiger partial charge in [-0.2, -0.15) is 0 Å². The molecule has 0 aromatic carbocycles. The van der Waals surface area contributed by atoms with Crippen molar-refractivity contribution in [3.8, 4) is 11.5 Å². The molecule has 0 unspecified atom stereocenters. The summed E-state index contributed by atoms with van der Waals surface area (Å²) < 4.78 is 0. The molecule has 0 radical (unpaired) electrons. The summed E-state index contributed by atoms with van der Waals surface area (Å²) in [5, 5.41) is 1.66. The Hall–Kier alpha value is -1.30. The molecule has 90 valence electrons. The average molecular weight is 297 g/mol. The molecule has 0 fully saturated rings. The molecule has 3 heterocycles. The molecule has 0 aliphatic carbocycles. The Kier molecular flexibility index (Phi) is 2.89. The number of aryl methyl sites for hydroxylation is 1. The van der Waals surface area contributed by atoms with E-state index in [0.29, 0.717) is 27.1 Å². The number of hydrogen-bond donors (Lipinski definition) is 0. The van der Waals surface area contributed by atoms with Crippen molar-refractivity contribution in [3.63, 3.8) is 0 Å². The molecule has 0 spiro atoms. The third-order valence-electron chi connectivity index (χ3n) is 2.40. The van der Waals surface area contributed by atoms with Gasteiger partial charge in [-0.15, -0.1) is 11.3 Å². The van der Waals surface area contributed by atoms with Crippen LogP contribution in [0.3, 0.4) is 0 Å². The second-order valence-electron chi connectivity index (χ2n) is 3.58. The van der Waals surface area contributed by atoms with Gasteiger partial charge in [-0.3, -0.25) is 4.98 Å². The van der Waals surface area contributed by atoms with Gasteiger partial charge in [-0.05, 0) is 6.92 Å². The first kappa shape index (κ1) is 11.8. The van der Waals surface area contributed by atoms with Crippen molar-refractivity contribution in [2.45, 2.75) is 6.92 Å². The molecule has 4 nitrogen and oxygen atoms in total. The normalized spacial score (nSPS) is 11.1. The van der Waals surface area contributed by atoms with E-state index in [2.05, 4.69) is 19.9 Å². The van der Waals surface area contributed by atoms with Gasteiger partial charge in [-0.1, -0.05) is 23.2 Å². The fourth-order valence-corrected chi connectivity index (χ4v) is 3.20. The van der Waals surface area contributed by atoms with E-state index in [9.17, 15) is 0 Å². The molecule has 0 N–H and O–H groups in total. The minimum atomic E-state index is 0.343. The van der Waals surface area contributed by atoms with Gasteiger partial charge in [0.1, 0.15) is 15.7 Å². The summed E-state index contributed by atoms with van der Waals surface area (Å²) in [5.41, 5.74) is 0.587. The number of aromatic nitrogens is 4. The molecular weight excluding hydrogens is 291 g/mol. The Balaban J connectivity index is 2.28. The number of hydrogen-bond acceptors (Lipinski definition) is 5. The molecule has 0 bridgehead atoms. The molecule has 0 atom stereocenters. The molecule has 3 aromatic rings. The predicted molar refractivity (Wildman–Crippen MR) is 73.2 cm³/mol. The molecule has 18 heavy (non-hydrogen) atoms. The Morgan fingerprint density at radius 1 is 1.17 bits per heavy atom. The number of halogens is 2. The fourth-order valence-electron chi connectivity index (χ4n) is 1.57. The third kappa shape index (κ3) is 1.84. The van der Waals surface area contributed by atoms with Crippen molar-refractivity contribution in [3.05, 3.63) is 33.6 Å². The molecule has 3 rings (SSSR count). The quantitative estimate of drug-likeness (QED) is 0.642. The fraction of sp³-hybridized carbons (Fsp3) is 0.0909. The summed E-state index contributed by atoms with van der Waals surface area (Å²) in [6.07, 6.45) is 4.78. The van der Waals surface area contributed by atoms with Crippen LogP contribution in [0, 0.1) is 6.92 Å². The number of fused-ring (bicyclic) bond motifs is 1. The summed E-state index contributed by atoms with van der Waals surface area (Å²) in [6.45, 7) is 1.92. The largest absolute Gasteiger partial charge is 0.261 e. The van der Waals surface area contributed by atoms with Crippen LogP contribution in [0.5, 0.6) is 0 Å². The average Bonchev–Trinajstić information content (AvgIpc) is 2.66. The van der Waals surface area contributed by atoms with E-state index in [-0.39, 0.29) is 0 Å². The summed E-state index contributed by atoms with van der Waals surface area (Å²) >= 11 is 13.8. The molecule has 0 aliphatic rings. The summed E-state index contributed by atoms with van der Waals surface area (Å²) in [4.78, 5) is 18.5. The Morgan fingerprint density at radius 3 is 2.72 bits per heavy atom. The van der Waals surface area contributed by atoms with E-state index in [1.165, 1.54) is 11.3 Å². The first-order chi connectivity index (χ1) is 8.66. The maximum absolute atomic E-state index is 6.16. The first-order valence-electron chi connectivity index (χ1n) is 5.05. The van der Waals surface area contributed by atoms with E-state index in [1.54, 1.807) is 18.6 Å². The van der Waals surface area contributed by atoms with Gasteiger partial charge >= 0.3 is 0 Å². The molecule has 0 amide bonds. The predicted octanol–water partition coefficient (Wildman–Crippen LogP) is 3.76. The van der Waals surface area contributed by atoms with Gasteiger partial charge in [0.25, 0.3) is 0 Å². The smallest absolute Gasteiger partial charge is 0.182 e. The molecular formula is C11H6Cl2N4S. The maximum Gasteiger partial charge on any atom is 0.182 e. The lowest BCUT2D eigenvalue weighted by molar-refractivity contribution is 1.14. The highest BCUT2D eigenvalue weighted by atomic mass is 35.5. The standard InChI is InChI=1S/C11H6Cl2N4S/c1-5-8(12)7-9(13)16-10(17-11(7)18-5)6-4-14-2-3-15-6/h2-4H,1H3. The van der Waals surface area contributed by atoms with Crippen LogP contribution in [0.15, 0.2) is 18.6 Å². The number of nitrogens with zero attached hydrogens (tertiary/aromatic N) is 4. The second kappa shape index (κ2) is 4.42.